The van der Waals surface area contributed by atoms with E-state index in [1.807, 2.05) is 6.08 Å². The predicted octanol–water partition coefficient (Wildman–Crippen LogP) is 2.73. The molecule has 0 spiro atoms. The van der Waals surface area contributed by atoms with Crippen LogP contribution >= 0.6 is 15.9 Å². The second-order valence-corrected chi connectivity index (χ2v) is 3.46. The molecule has 0 aliphatic heterocycles. The Hall–Kier alpha value is -0.240. The molecule has 1 aliphatic rings. The fourth-order valence-corrected chi connectivity index (χ4v) is 1.91. The molecule has 0 bridgehead atoms. The van der Waals surface area contributed by atoms with Gasteiger partial charge in [0.05, 0.1) is 7.11 Å². The molecule has 62 valence electrons. The molecule has 0 fully saturated rings. The van der Waals surface area contributed by atoms with Gasteiger partial charge < -0.3 is 4.74 Å². The summed E-state index contributed by atoms with van der Waals surface area (Å²) in [6.45, 7) is 2.21. The van der Waals surface area contributed by atoms with Crippen LogP contribution in [0.3, 0.4) is 0 Å². The van der Waals surface area contributed by atoms with Crippen LogP contribution in [0.15, 0.2) is 24.0 Å². The molecule has 0 aromatic heterocycles. The molecule has 1 nitrogen and oxygen atoms in total. The fourth-order valence-electron chi connectivity index (χ4n) is 1.13. The molecule has 2 atom stereocenters. The second-order valence-electron chi connectivity index (χ2n) is 2.81. The van der Waals surface area contributed by atoms with E-state index in [4.69, 9.17) is 4.74 Å². The van der Waals surface area contributed by atoms with Crippen molar-refractivity contribution in [1.82, 2.24) is 0 Å². The summed E-state index contributed by atoms with van der Waals surface area (Å²) in [4.78, 5) is 0. The van der Waals surface area contributed by atoms with Gasteiger partial charge in [-0.3, -0.25) is 0 Å². The van der Waals surface area contributed by atoms with Crippen LogP contribution in [0.25, 0.3) is 0 Å². The van der Waals surface area contributed by atoms with E-state index in [0.717, 1.165) is 11.1 Å². The highest BCUT2D eigenvalue weighted by atomic mass is 79.9. The molecule has 0 heterocycles. The third-order valence-corrected chi connectivity index (χ3v) is 2.78. The van der Waals surface area contributed by atoms with Crippen molar-refractivity contribution in [2.24, 2.45) is 11.8 Å². The Bertz CT molecular complexity index is 184. The van der Waals surface area contributed by atoms with Crippen molar-refractivity contribution in [3.8, 4) is 0 Å². The van der Waals surface area contributed by atoms with Crippen LogP contribution in [0.5, 0.6) is 0 Å². The van der Waals surface area contributed by atoms with Crippen molar-refractivity contribution in [3.05, 3.63) is 24.0 Å². The van der Waals surface area contributed by atoms with E-state index in [1.165, 1.54) is 0 Å². The highest BCUT2D eigenvalue weighted by Gasteiger charge is 2.15. The van der Waals surface area contributed by atoms with E-state index in [-0.39, 0.29) is 0 Å². The Balaban J connectivity index is 2.67. The third-order valence-electron chi connectivity index (χ3n) is 2.03. The minimum absolute atomic E-state index is 0.579. The Morgan fingerprint density at radius 2 is 2.36 bits per heavy atom. The Morgan fingerprint density at radius 3 is 2.91 bits per heavy atom. The molecule has 0 amide bonds. The Kier molecular flexibility index (Phi) is 3.18. The van der Waals surface area contributed by atoms with E-state index in [0.29, 0.717) is 11.8 Å². The van der Waals surface area contributed by atoms with Crippen LogP contribution in [0.2, 0.25) is 0 Å². The lowest BCUT2D eigenvalue weighted by molar-refractivity contribution is 0.297. The molecule has 0 aromatic rings. The van der Waals surface area contributed by atoms with Crippen molar-refractivity contribution < 1.29 is 4.74 Å². The number of hydrogen-bond donors (Lipinski definition) is 0. The maximum Gasteiger partial charge on any atom is 0.114 e. The van der Waals surface area contributed by atoms with E-state index in [9.17, 15) is 0 Å². The number of methoxy groups -OCH3 is 1. The summed E-state index contributed by atoms with van der Waals surface area (Å²) in [5.74, 6) is 2.18. The molecule has 2 unspecified atom stereocenters. The highest BCUT2D eigenvalue weighted by Crippen LogP contribution is 2.24. The molecule has 0 N–H and O–H groups in total. The first-order chi connectivity index (χ1) is 5.27. The standard InChI is InChI=1S/C9H13BrO/c1-7-3-4-9(11-2)5-8(7)6-10/h3-5,7-8H,6H2,1-2H3. The maximum absolute atomic E-state index is 5.12. The summed E-state index contributed by atoms with van der Waals surface area (Å²) in [6.07, 6.45) is 6.38. The first-order valence-corrected chi connectivity index (χ1v) is 4.90. The zero-order valence-electron chi connectivity index (χ0n) is 6.88. The van der Waals surface area contributed by atoms with E-state index >= 15 is 0 Å². The minimum Gasteiger partial charge on any atom is -0.497 e. The number of allylic oxidation sites excluding steroid dienone is 3. The molecular weight excluding hydrogens is 204 g/mol. The van der Waals surface area contributed by atoms with Gasteiger partial charge in [0.25, 0.3) is 0 Å². The van der Waals surface area contributed by atoms with Crippen LogP contribution in [-0.4, -0.2) is 12.4 Å². The Morgan fingerprint density at radius 1 is 1.64 bits per heavy atom. The molecule has 11 heavy (non-hydrogen) atoms. The van der Waals surface area contributed by atoms with E-state index < -0.39 is 0 Å². The average molecular weight is 217 g/mol. The monoisotopic (exact) mass is 216 g/mol. The lowest BCUT2D eigenvalue weighted by atomic mass is 9.91. The van der Waals surface area contributed by atoms with Crippen LogP contribution < -0.4 is 0 Å². The van der Waals surface area contributed by atoms with Gasteiger partial charge in [-0.15, -0.1) is 0 Å². The second kappa shape index (κ2) is 3.96. The van der Waals surface area contributed by atoms with Gasteiger partial charge in [-0.05, 0) is 24.0 Å². The molecule has 1 aliphatic carbocycles. The van der Waals surface area contributed by atoms with Crippen molar-refractivity contribution in [2.75, 3.05) is 12.4 Å². The fraction of sp³-hybridized carbons (Fsp3) is 0.556. The van der Waals surface area contributed by atoms with Crippen molar-refractivity contribution in [3.63, 3.8) is 0 Å². The number of halogens is 1. The molecule has 2 heteroatoms. The van der Waals surface area contributed by atoms with Crippen LogP contribution in [0.4, 0.5) is 0 Å². The molecule has 0 saturated heterocycles. The smallest absolute Gasteiger partial charge is 0.114 e. The third kappa shape index (κ3) is 2.09. The van der Waals surface area contributed by atoms with E-state index in [2.05, 4.69) is 35.0 Å². The first-order valence-electron chi connectivity index (χ1n) is 3.78. The summed E-state index contributed by atoms with van der Waals surface area (Å²) in [5.41, 5.74) is 0. The molecule has 0 saturated carbocycles. The quantitative estimate of drug-likeness (QED) is 0.646. The largest absolute Gasteiger partial charge is 0.497 e. The van der Waals surface area contributed by atoms with Crippen LogP contribution in [0, 0.1) is 11.8 Å². The van der Waals surface area contributed by atoms with Crippen molar-refractivity contribution in [2.45, 2.75) is 6.92 Å². The van der Waals surface area contributed by atoms with Gasteiger partial charge in [0.2, 0.25) is 0 Å². The zero-order chi connectivity index (χ0) is 8.27. The van der Waals surface area contributed by atoms with Gasteiger partial charge in [0.1, 0.15) is 5.76 Å². The molecular formula is C9H13BrO. The minimum atomic E-state index is 0.579. The molecule has 0 radical (unpaired) electrons. The Labute approximate surface area is 76.3 Å². The van der Waals surface area contributed by atoms with Crippen molar-refractivity contribution in [1.29, 1.82) is 0 Å². The predicted molar refractivity (Wildman–Crippen MR) is 50.7 cm³/mol. The first kappa shape index (κ1) is 8.85. The number of rotatable bonds is 2. The zero-order valence-corrected chi connectivity index (χ0v) is 8.47. The summed E-state index contributed by atoms with van der Waals surface area (Å²) in [6, 6.07) is 0. The van der Waals surface area contributed by atoms with Crippen LogP contribution in [0.1, 0.15) is 6.92 Å². The molecule has 0 aromatic carbocycles. The van der Waals surface area contributed by atoms with Gasteiger partial charge in [-0.2, -0.15) is 0 Å². The maximum atomic E-state index is 5.12. The average Bonchev–Trinajstić information content (AvgIpc) is 2.05. The topological polar surface area (TPSA) is 9.23 Å². The van der Waals surface area contributed by atoms with Crippen molar-refractivity contribution >= 4 is 15.9 Å². The van der Waals surface area contributed by atoms with Crippen LogP contribution in [-0.2, 0) is 4.74 Å². The number of alkyl halides is 1. The summed E-state index contributed by atoms with van der Waals surface area (Å²) < 4.78 is 5.12. The van der Waals surface area contributed by atoms with Gasteiger partial charge in [0.15, 0.2) is 0 Å². The molecule has 1 rings (SSSR count). The lowest BCUT2D eigenvalue weighted by Gasteiger charge is -2.19. The van der Waals surface area contributed by atoms with Gasteiger partial charge >= 0.3 is 0 Å². The van der Waals surface area contributed by atoms with Gasteiger partial charge in [-0.25, -0.2) is 0 Å². The summed E-state index contributed by atoms with van der Waals surface area (Å²) in [7, 11) is 1.71. The van der Waals surface area contributed by atoms with Gasteiger partial charge in [0, 0.05) is 5.33 Å². The number of hydrogen-bond acceptors (Lipinski definition) is 1. The van der Waals surface area contributed by atoms with E-state index in [1.54, 1.807) is 7.11 Å². The highest BCUT2D eigenvalue weighted by molar-refractivity contribution is 9.09. The van der Waals surface area contributed by atoms with Gasteiger partial charge in [-0.1, -0.05) is 28.9 Å². The SMILES string of the molecule is COC1=CC(CBr)C(C)C=C1. The lowest BCUT2D eigenvalue weighted by Crippen LogP contribution is -2.12. The normalized spacial score (nSPS) is 29.9. The number of ether oxygens (including phenoxy) is 1. The summed E-state index contributed by atoms with van der Waals surface area (Å²) >= 11 is 3.47. The summed E-state index contributed by atoms with van der Waals surface area (Å²) in [5, 5.41) is 1.01.